The number of benzene rings is 3. The maximum atomic E-state index is 13.4. The molecule has 0 saturated carbocycles. The average Bonchev–Trinajstić information content (AvgIpc) is 3.29. The molecule has 0 fully saturated rings. The zero-order valence-electron chi connectivity index (χ0n) is 20.0. The van der Waals surface area contributed by atoms with Gasteiger partial charge in [0.25, 0.3) is 5.91 Å². The molecule has 2 aromatic heterocycles. The molecule has 184 valence electrons. The zero-order valence-corrected chi connectivity index (χ0v) is 20.8. The van der Waals surface area contributed by atoms with Gasteiger partial charge in [-0.25, -0.2) is 4.98 Å². The maximum absolute atomic E-state index is 13.4. The molecular weight excluding hydrogens is 486 g/mol. The van der Waals surface area contributed by atoms with E-state index in [1.807, 2.05) is 60.7 Å². The zero-order chi connectivity index (χ0) is 25.4. The van der Waals surface area contributed by atoms with Crippen LogP contribution in [0.3, 0.4) is 0 Å². The molecule has 0 bridgehead atoms. The second-order valence-electron chi connectivity index (χ2n) is 8.49. The number of amides is 1. The first-order chi connectivity index (χ1) is 18.1. The van der Waals surface area contributed by atoms with Crippen LogP contribution in [0.15, 0.2) is 78.9 Å². The first kappa shape index (κ1) is 22.9. The van der Waals surface area contributed by atoms with Crippen molar-refractivity contribution in [3.63, 3.8) is 0 Å². The van der Waals surface area contributed by atoms with E-state index in [0.717, 1.165) is 33.5 Å². The number of carbonyl (C=O) groups excluding carboxylic acids is 1. The van der Waals surface area contributed by atoms with Crippen LogP contribution in [0.25, 0.3) is 32.6 Å². The summed E-state index contributed by atoms with van der Waals surface area (Å²) in [7, 11) is 1.64. The molecule has 5 aromatic rings. The van der Waals surface area contributed by atoms with Gasteiger partial charge in [0.15, 0.2) is 11.5 Å². The minimum Gasteiger partial charge on any atom is -0.497 e. The number of carbonyl (C=O) groups is 1. The van der Waals surface area contributed by atoms with Crippen molar-refractivity contribution in [3.05, 3.63) is 83.7 Å². The number of nitrogens with zero attached hydrogens (tertiary/aromatic N) is 1. The van der Waals surface area contributed by atoms with Crippen LogP contribution in [0.5, 0.6) is 17.2 Å². The molecule has 0 aliphatic carbocycles. The summed E-state index contributed by atoms with van der Waals surface area (Å²) in [6.07, 6.45) is 0. The lowest BCUT2D eigenvalue weighted by Crippen LogP contribution is -2.16. The summed E-state index contributed by atoms with van der Waals surface area (Å²) in [5.41, 5.74) is 11.3. The number of fused-ring (bicyclic) bond motifs is 2. The van der Waals surface area contributed by atoms with Crippen molar-refractivity contribution < 1.29 is 19.0 Å². The quantitative estimate of drug-likeness (QED) is 0.291. The van der Waals surface area contributed by atoms with Crippen molar-refractivity contribution in [2.45, 2.75) is 0 Å². The molecule has 3 N–H and O–H groups in total. The van der Waals surface area contributed by atoms with Crippen molar-refractivity contribution in [1.82, 2.24) is 4.98 Å². The predicted octanol–water partition coefficient (Wildman–Crippen LogP) is 6.24. The Hall–Kier alpha value is -4.56. The maximum Gasteiger partial charge on any atom is 0.267 e. The Morgan fingerprint density at radius 1 is 0.946 bits per heavy atom. The van der Waals surface area contributed by atoms with E-state index in [0.29, 0.717) is 45.8 Å². The number of hydrogen-bond donors (Lipinski definition) is 2. The van der Waals surface area contributed by atoms with Crippen molar-refractivity contribution in [3.8, 4) is 39.6 Å². The molecule has 6 rings (SSSR count). The molecule has 3 aromatic carbocycles. The largest absolute Gasteiger partial charge is 0.497 e. The van der Waals surface area contributed by atoms with Crippen molar-refractivity contribution in [2.75, 3.05) is 31.4 Å². The Balaban J connectivity index is 1.44. The lowest BCUT2D eigenvalue weighted by atomic mass is 9.99. The SMILES string of the molecule is COc1ccc(-c2cc(-c3ccccc3)nc3sc(C(=O)Nc4ccc5c(c4)OCCO5)c(N)c23)cc1. The number of aromatic nitrogens is 1. The van der Waals surface area contributed by atoms with Gasteiger partial charge >= 0.3 is 0 Å². The Morgan fingerprint density at radius 3 is 2.46 bits per heavy atom. The number of thiophene rings is 1. The van der Waals surface area contributed by atoms with E-state index in [2.05, 4.69) is 5.32 Å². The average molecular weight is 510 g/mol. The number of rotatable bonds is 5. The first-order valence-corrected chi connectivity index (χ1v) is 12.6. The standard InChI is InChI=1S/C29H23N3O4S/c1-34-20-10-7-17(8-11-20)21-16-22(18-5-3-2-4-6-18)32-29-25(21)26(30)27(37-29)28(33)31-19-9-12-23-24(15-19)36-14-13-35-23/h2-12,15-16H,13-14,30H2,1H3,(H,31,33). The van der Waals surface area contributed by atoms with Gasteiger partial charge < -0.3 is 25.3 Å². The van der Waals surface area contributed by atoms with E-state index in [-0.39, 0.29) is 5.91 Å². The number of anilines is 2. The monoisotopic (exact) mass is 509 g/mol. The topological polar surface area (TPSA) is 95.7 Å². The van der Waals surface area contributed by atoms with Crippen molar-refractivity contribution >= 4 is 38.8 Å². The van der Waals surface area contributed by atoms with Gasteiger partial charge in [-0.2, -0.15) is 0 Å². The van der Waals surface area contributed by atoms with Crippen LogP contribution in [0.4, 0.5) is 11.4 Å². The number of nitrogens with one attached hydrogen (secondary N) is 1. The predicted molar refractivity (Wildman–Crippen MR) is 147 cm³/mol. The number of hydrogen-bond acceptors (Lipinski definition) is 7. The normalized spacial score (nSPS) is 12.4. The van der Waals surface area contributed by atoms with E-state index in [9.17, 15) is 4.79 Å². The van der Waals surface area contributed by atoms with Crippen LogP contribution in [-0.4, -0.2) is 31.2 Å². The van der Waals surface area contributed by atoms with Gasteiger partial charge in [0.1, 0.15) is 28.7 Å². The highest BCUT2D eigenvalue weighted by Gasteiger charge is 2.22. The van der Waals surface area contributed by atoms with Crippen LogP contribution < -0.4 is 25.3 Å². The van der Waals surface area contributed by atoms with Crippen molar-refractivity contribution in [2.24, 2.45) is 0 Å². The lowest BCUT2D eigenvalue weighted by Gasteiger charge is -2.18. The van der Waals surface area contributed by atoms with Crippen LogP contribution >= 0.6 is 11.3 Å². The highest BCUT2D eigenvalue weighted by molar-refractivity contribution is 7.21. The minimum atomic E-state index is -0.306. The summed E-state index contributed by atoms with van der Waals surface area (Å²) in [4.78, 5) is 19.3. The van der Waals surface area contributed by atoms with Gasteiger partial charge in [-0.3, -0.25) is 4.79 Å². The minimum absolute atomic E-state index is 0.306. The van der Waals surface area contributed by atoms with E-state index < -0.39 is 0 Å². The number of methoxy groups -OCH3 is 1. The van der Waals surface area contributed by atoms with Gasteiger partial charge in [0.05, 0.1) is 18.5 Å². The summed E-state index contributed by atoms with van der Waals surface area (Å²) in [6, 6.07) is 25.1. The summed E-state index contributed by atoms with van der Waals surface area (Å²) in [6.45, 7) is 0.975. The van der Waals surface area contributed by atoms with Crippen LogP contribution in [0, 0.1) is 0 Å². The van der Waals surface area contributed by atoms with E-state index in [1.165, 1.54) is 11.3 Å². The summed E-state index contributed by atoms with van der Waals surface area (Å²) >= 11 is 1.28. The second kappa shape index (κ2) is 9.48. The third kappa shape index (κ3) is 4.32. The first-order valence-electron chi connectivity index (χ1n) is 11.7. The molecule has 0 atom stereocenters. The molecule has 1 aliphatic heterocycles. The Labute approximate surface area is 217 Å². The highest BCUT2D eigenvalue weighted by Crippen LogP contribution is 2.42. The van der Waals surface area contributed by atoms with Gasteiger partial charge in [0.2, 0.25) is 0 Å². The summed E-state index contributed by atoms with van der Waals surface area (Å²) in [5.74, 6) is 1.71. The smallest absolute Gasteiger partial charge is 0.267 e. The van der Waals surface area contributed by atoms with Crippen LogP contribution in [0.2, 0.25) is 0 Å². The number of nitrogens with two attached hydrogens (primary N) is 1. The lowest BCUT2D eigenvalue weighted by molar-refractivity contribution is 0.103. The second-order valence-corrected chi connectivity index (χ2v) is 9.49. The van der Waals surface area contributed by atoms with Gasteiger partial charge in [-0.1, -0.05) is 42.5 Å². The number of nitrogen functional groups attached to an aromatic ring is 1. The van der Waals surface area contributed by atoms with E-state index in [4.69, 9.17) is 24.9 Å². The van der Waals surface area contributed by atoms with Crippen LogP contribution in [0.1, 0.15) is 9.67 Å². The van der Waals surface area contributed by atoms with E-state index >= 15 is 0 Å². The molecule has 8 heteroatoms. The summed E-state index contributed by atoms with van der Waals surface area (Å²) < 4.78 is 16.5. The molecule has 3 heterocycles. The third-order valence-electron chi connectivity index (χ3n) is 6.18. The molecule has 37 heavy (non-hydrogen) atoms. The van der Waals surface area contributed by atoms with E-state index in [1.54, 1.807) is 25.3 Å². The number of ether oxygens (including phenoxy) is 3. The molecule has 1 aliphatic rings. The molecule has 0 radical (unpaired) electrons. The highest BCUT2D eigenvalue weighted by atomic mass is 32.1. The molecule has 0 saturated heterocycles. The summed E-state index contributed by atoms with van der Waals surface area (Å²) in [5, 5.41) is 3.69. The molecule has 7 nitrogen and oxygen atoms in total. The fraction of sp³-hybridized carbons (Fsp3) is 0.103. The molecule has 1 amide bonds. The number of pyridine rings is 1. The Kier molecular flexibility index (Phi) is 5.86. The van der Waals surface area contributed by atoms with Gasteiger partial charge in [0, 0.05) is 22.7 Å². The third-order valence-corrected chi connectivity index (χ3v) is 7.27. The van der Waals surface area contributed by atoms with Gasteiger partial charge in [-0.05, 0) is 41.5 Å². The fourth-order valence-corrected chi connectivity index (χ4v) is 5.37. The van der Waals surface area contributed by atoms with Crippen molar-refractivity contribution in [1.29, 1.82) is 0 Å². The van der Waals surface area contributed by atoms with Crippen LogP contribution in [-0.2, 0) is 0 Å². The fourth-order valence-electron chi connectivity index (χ4n) is 4.35. The molecule has 0 unspecified atom stereocenters. The molecule has 0 spiro atoms. The molecular formula is C29H23N3O4S. The van der Waals surface area contributed by atoms with Gasteiger partial charge in [-0.15, -0.1) is 11.3 Å². The Morgan fingerprint density at radius 2 is 1.70 bits per heavy atom. The Bertz CT molecular complexity index is 1610.